The Kier molecular flexibility index (Phi) is 9.38. The van der Waals surface area contributed by atoms with E-state index in [-0.39, 0.29) is 37.8 Å². The lowest BCUT2D eigenvalue weighted by Gasteiger charge is -2.25. The highest BCUT2D eigenvalue weighted by molar-refractivity contribution is 6.39. The van der Waals surface area contributed by atoms with Gasteiger partial charge in [0.1, 0.15) is 12.6 Å². The molecule has 1 fully saturated rings. The Labute approximate surface area is 244 Å². The largest absolute Gasteiger partial charge is 0.479 e. The van der Waals surface area contributed by atoms with Crippen LogP contribution in [-0.2, 0) is 34.1 Å². The Hall–Kier alpha value is -4.46. The van der Waals surface area contributed by atoms with E-state index in [1.54, 1.807) is 12.1 Å². The number of fused-ring (bicyclic) bond motifs is 1. The molecule has 2 aliphatic heterocycles. The minimum atomic E-state index is -1.66. The molecule has 1 saturated heterocycles. The lowest BCUT2D eigenvalue weighted by molar-refractivity contribution is -0.144. The molecule has 4 rings (SSSR count). The summed E-state index contributed by atoms with van der Waals surface area (Å²) in [5.74, 6) is -12.7. The van der Waals surface area contributed by atoms with Crippen LogP contribution in [0.15, 0.2) is 30.3 Å². The summed E-state index contributed by atoms with van der Waals surface area (Å²) in [5.41, 5.74) is 0.957. The van der Waals surface area contributed by atoms with Crippen molar-refractivity contribution in [2.75, 3.05) is 38.2 Å². The standard InChI is InChI=1S/C29H30F3N3O8/c1-29(2,3)16-6-4-5-7-19(16)33-27(39)28(40)35-8-9-41-13-15(12-35)26(38)34-20-11-22(37)43-24-18(31)10-17(30)23(32)25(24)42-14-21(20)36/h4-7,10,15,20H,8-9,11-14H2,1-3H3,(H,33,39)(H,34,38). The number of anilines is 1. The lowest BCUT2D eigenvalue weighted by atomic mass is 9.86. The van der Waals surface area contributed by atoms with Crippen LogP contribution in [-0.4, -0.2) is 73.3 Å². The third-order valence-electron chi connectivity index (χ3n) is 6.84. The number of Topliss-reactive ketones (excluding diaryl/α,β-unsaturated/α-hetero) is 1. The molecule has 0 aromatic heterocycles. The van der Waals surface area contributed by atoms with E-state index < -0.39 is 83.4 Å². The molecule has 3 amide bonds. The van der Waals surface area contributed by atoms with Gasteiger partial charge in [-0.25, -0.2) is 8.78 Å². The van der Waals surface area contributed by atoms with Crippen molar-refractivity contribution < 1.29 is 51.4 Å². The zero-order chi connectivity index (χ0) is 31.5. The number of nitrogens with zero attached hydrogens (tertiary/aromatic N) is 1. The number of carbonyl (C=O) groups excluding carboxylic acids is 5. The summed E-state index contributed by atoms with van der Waals surface area (Å²) in [5, 5.41) is 5.00. The van der Waals surface area contributed by atoms with Gasteiger partial charge in [-0.05, 0) is 17.0 Å². The van der Waals surface area contributed by atoms with Crippen LogP contribution in [0.4, 0.5) is 18.9 Å². The second-order valence-corrected chi connectivity index (χ2v) is 11.1. The van der Waals surface area contributed by atoms with Crippen molar-refractivity contribution >= 4 is 35.2 Å². The zero-order valence-electron chi connectivity index (χ0n) is 23.6. The highest BCUT2D eigenvalue weighted by Crippen LogP contribution is 2.36. The summed E-state index contributed by atoms with van der Waals surface area (Å²) in [4.78, 5) is 65.5. The molecule has 2 heterocycles. The van der Waals surface area contributed by atoms with E-state index in [2.05, 4.69) is 10.6 Å². The number of halogens is 3. The van der Waals surface area contributed by atoms with Crippen LogP contribution in [0.1, 0.15) is 32.8 Å². The first kappa shape index (κ1) is 31.5. The van der Waals surface area contributed by atoms with Gasteiger partial charge in [0.15, 0.2) is 17.4 Å². The number of hydrogen-bond acceptors (Lipinski definition) is 8. The van der Waals surface area contributed by atoms with Crippen LogP contribution in [0.2, 0.25) is 0 Å². The molecule has 2 N–H and O–H groups in total. The van der Waals surface area contributed by atoms with Crippen LogP contribution in [0.3, 0.4) is 0 Å². The number of ether oxygens (including phenoxy) is 3. The fraction of sp³-hybridized carbons (Fsp3) is 0.414. The Morgan fingerprint density at radius 3 is 2.47 bits per heavy atom. The highest BCUT2D eigenvalue weighted by atomic mass is 19.2. The van der Waals surface area contributed by atoms with Crippen molar-refractivity contribution in [2.24, 2.45) is 5.92 Å². The van der Waals surface area contributed by atoms with Crippen molar-refractivity contribution in [2.45, 2.75) is 38.6 Å². The first-order chi connectivity index (χ1) is 20.3. The van der Waals surface area contributed by atoms with E-state index in [9.17, 15) is 37.1 Å². The number of ketones is 1. The molecule has 0 saturated carbocycles. The molecule has 2 aromatic rings. The molecule has 2 unspecified atom stereocenters. The quantitative estimate of drug-likeness (QED) is 0.235. The predicted octanol–water partition coefficient (Wildman–Crippen LogP) is 2.26. The van der Waals surface area contributed by atoms with E-state index >= 15 is 0 Å². The zero-order valence-corrected chi connectivity index (χ0v) is 23.6. The maximum atomic E-state index is 14.2. The Bertz CT molecular complexity index is 1460. The van der Waals surface area contributed by atoms with Crippen LogP contribution in [0.5, 0.6) is 11.5 Å². The third kappa shape index (κ3) is 7.31. The molecule has 2 aliphatic rings. The fourth-order valence-electron chi connectivity index (χ4n) is 4.60. The molecular weight excluding hydrogens is 575 g/mol. The van der Waals surface area contributed by atoms with Crippen LogP contribution in [0.25, 0.3) is 0 Å². The highest BCUT2D eigenvalue weighted by Gasteiger charge is 2.35. The first-order valence-electron chi connectivity index (χ1n) is 13.4. The van der Waals surface area contributed by atoms with Crippen molar-refractivity contribution in [3.63, 3.8) is 0 Å². The van der Waals surface area contributed by atoms with Gasteiger partial charge < -0.3 is 29.7 Å². The van der Waals surface area contributed by atoms with E-state index in [1.807, 2.05) is 32.9 Å². The fourth-order valence-corrected chi connectivity index (χ4v) is 4.60. The third-order valence-corrected chi connectivity index (χ3v) is 6.84. The Morgan fingerprint density at radius 2 is 1.74 bits per heavy atom. The number of hydrogen-bond donors (Lipinski definition) is 2. The molecular formula is C29H30F3N3O8. The van der Waals surface area contributed by atoms with Gasteiger partial charge in [0, 0.05) is 24.8 Å². The minimum Gasteiger partial charge on any atom is -0.479 e. The molecule has 2 aromatic carbocycles. The molecule has 0 radical (unpaired) electrons. The summed E-state index contributed by atoms with van der Waals surface area (Å²) in [6.45, 7) is 4.53. The topological polar surface area (TPSA) is 140 Å². The van der Waals surface area contributed by atoms with Crippen LogP contribution in [0, 0.1) is 23.4 Å². The van der Waals surface area contributed by atoms with E-state index in [1.165, 1.54) is 0 Å². The molecule has 43 heavy (non-hydrogen) atoms. The number of rotatable bonds is 3. The molecule has 230 valence electrons. The average molecular weight is 606 g/mol. The second-order valence-electron chi connectivity index (χ2n) is 11.1. The molecule has 11 nitrogen and oxygen atoms in total. The normalized spacial score (nSPS) is 19.4. The molecule has 14 heteroatoms. The van der Waals surface area contributed by atoms with Crippen LogP contribution < -0.4 is 20.1 Å². The van der Waals surface area contributed by atoms with Crippen molar-refractivity contribution in [3.8, 4) is 11.5 Å². The van der Waals surface area contributed by atoms with Crippen molar-refractivity contribution in [1.29, 1.82) is 0 Å². The summed E-state index contributed by atoms with van der Waals surface area (Å²) in [6.07, 6.45) is -0.780. The average Bonchev–Trinajstić information content (AvgIpc) is 3.18. The van der Waals surface area contributed by atoms with Gasteiger partial charge in [0.25, 0.3) is 0 Å². The first-order valence-corrected chi connectivity index (χ1v) is 13.4. The maximum absolute atomic E-state index is 14.2. The number of amides is 3. The number of esters is 1. The van der Waals surface area contributed by atoms with Crippen molar-refractivity contribution in [1.82, 2.24) is 10.2 Å². The van der Waals surface area contributed by atoms with E-state index in [0.29, 0.717) is 5.69 Å². The summed E-state index contributed by atoms with van der Waals surface area (Å²) < 4.78 is 57.2. The summed E-state index contributed by atoms with van der Waals surface area (Å²) in [7, 11) is 0. The predicted molar refractivity (Wildman–Crippen MR) is 144 cm³/mol. The monoisotopic (exact) mass is 605 g/mol. The van der Waals surface area contributed by atoms with Gasteiger partial charge >= 0.3 is 17.8 Å². The van der Waals surface area contributed by atoms with E-state index in [0.717, 1.165) is 10.5 Å². The summed E-state index contributed by atoms with van der Waals surface area (Å²) in [6, 6.07) is 5.66. The number of carbonyl (C=O) groups is 5. The second kappa shape index (κ2) is 12.8. The minimum absolute atomic E-state index is 0.00538. The van der Waals surface area contributed by atoms with Gasteiger partial charge in [0.2, 0.25) is 23.2 Å². The maximum Gasteiger partial charge on any atom is 0.313 e. The van der Waals surface area contributed by atoms with Gasteiger partial charge in [0.05, 0.1) is 25.6 Å². The van der Waals surface area contributed by atoms with E-state index in [4.69, 9.17) is 14.2 Å². The number of para-hydroxylation sites is 1. The van der Waals surface area contributed by atoms with Crippen LogP contribution >= 0.6 is 0 Å². The summed E-state index contributed by atoms with van der Waals surface area (Å²) >= 11 is 0. The lowest BCUT2D eigenvalue weighted by Crippen LogP contribution is -2.50. The molecule has 0 bridgehead atoms. The molecule has 0 spiro atoms. The number of nitrogens with one attached hydrogen (secondary N) is 2. The van der Waals surface area contributed by atoms with Gasteiger partial charge in [-0.15, -0.1) is 0 Å². The molecule has 0 aliphatic carbocycles. The Morgan fingerprint density at radius 1 is 1.02 bits per heavy atom. The van der Waals surface area contributed by atoms with Gasteiger partial charge in [-0.2, -0.15) is 4.39 Å². The smallest absolute Gasteiger partial charge is 0.313 e. The Balaban J connectivity index is 1.44. The van der Waals surface area contributed by atoms with Crippen molar-refractivity contribution in [3.05, 3.63) is 53.3 Å². The van der Waals surface area contributed by atoms with Gasteiger partial charge in [-0.1, -0.05) is 39.0 Å². The van der Waals surface area contributed by atoms with Gasteiger partial charge in [-0.3, -0.25) is 24.0 Å². The molecule has 2 atom stereocenters. The number of benzene rings is 2. The SMILES string of the molecule is CC(C)(C)c1ccccc1NC(=O)C(=O)N1CCOCC(C(=O)NC2CC(=O)Oc3c(F)cc(F)c(F)c3OCC2=O)C1.